The van der Waals surface area contributed by atoms with Crippen LogP contribution in [-0.2, 0) is 4.79 Å². The van der Waals surface area contributed by atoms with Gasteiger partial charge in [-0.3, -0.25) is 4.79 Å². The predicted molar refractivity (Wildman–Crippen MR) is 60.1 cm³/mol. The lowest BCUT2D eigenvalue weighted by molar-refractivity contribution is -0.137. The van der Waals surface area contributed by atoms with E-state index >= 15 is 0 Å². The number of rotatable bonds is 2. The van der Waals surface area contributed by atoms with Crippen LogP contribution in [0.15, 0.2) is 5.16 Å². The van der Waals surface area contributed by atoms with E-state index in [4.69, 9.17) is 10.9 Å². The fourth-order valence-electron chi connectivity index (χ4n) is 2.54. The molecule has 1 saturated heterocycles. The Kier molecular flexibility index (Phi) is 2.36. The number of oxime groups is 1. The maximum atomic E-state index is 12.4. The minimum atomic E-state index is -0.698. The summed E-state index contributed by atoms with van der Waals surface area (Å²) in [5.41, 5.74) is 4.83. The molecule has 90 valence electrons. The molecule has 2 fully saturated rings. The highest BCUT2D eigenvalue weighted by Crippen LogP contribution is 2.49. The van der Waals surface area contributed by atoms with Gasteiger partial charge in [-0.1, -0.05) is 5.16 Å². The van der Waals surface area contributed by atoms with E-state index in [1.165, 1.54) is 0 Å². The molecule has 0 aromatic heterocycles. The van der Waals surface area contributed by atoms with Gasteiger partial charge in [-0.15, -0.1) is 0 Å². The van der Waals surface area contributed by atoms with Crippen LogP contribution in [-0.4, -0.2) is 33.9 Å². The number of carbonyl (C=O) groups excluding carboxylic acids is 1. The number of nitrogens with two attached hydrogens (primary N) is 1. The lowest BCUT2D eigenvalue weighted by atomic mass is 9.98. The normalized spacial score (nSPS) is 26.9. The number of amides is 1. The molecule has 1 heterocycles. The molecule has 3 N–H and O–H groups in total. The van der Waals surface area contributed by atoms with Crippen LogP contribution in [0.1, 0.15) is 39.5 Å². The van der Waals surface area contributed by atoms with Gasteiger partial charge in [0.15, 0.2) is 5.84 Å². The Morgan fingerprint density at radius 1 is 1.38 bits per heavy atom. The molecule has 0 bridgehead atoms. The lowest BCUT2D eigenvalue weighted by Gasteiger charge is -2.34. The van der Waals surface area contributed by atoms with E-state index in [-0.39, 0.29) is 17.3 Å². The van der Waals surface area contributed by atoms with Crippen molar-refractivity contribution < 1.29 is 10.0 Å². The lowest BCUT2D eigenvalue weighted by Crippen LogP contribution is -2.49. The molecule has 1 aliphatic heterocycles. The maximum absolute atomic E-state index is 12.4. The largest absolute Gasteiger partial charge is 0.409 e. The van der Waals surface area contributed by atoms with Crippen molar-refractivity contribution in [2.24, 2.45) is 16.3 Å². The fraction of sp³-hybridized carbons (Fsp3) is 0.818. The Morgan fingerprint density at radius 3 is 2.38 bits per heavy atom. The van der Waals surface area contributed by atoms with Gasteiger partial charge in [-0.05, 0) is 39.5 Å². The standard InChI is InChI=1S/C11H19N3O2/c1-10(2)4-3-7-14(10)9(15)11(5-6-11)8(12)13-16/h16H,3-7H2,1-2H3,(H2,12,13). The third-order valence-corrected chi connectivity index (χ3v) is 3.90. The topological polar surface area (TPSA) is 78.9 Å². The Hall–Kier alpha value is -1.26. The summed E-state index contributed by atoms with van der Waals surface area (Å²) in [4.78, 5) is 14.3. The molecule has 0 spiro atoms. The zero-order valence-corrected chi connectivity index (χ0v) is 9.86. The van der Waals surface area contributed by atoms with Gasteiger partial charge >= 0.3 is 0 Å². The van der Waals surface area contributed by atoms with Crippen molar-refractivity contribution in [3.63, 3.8) is 0 Å². The first-order valence-corrected chi connectivity index (χ1v) is 5.74. The first kappa shape index (κ1) is 11.2. The molecule has 0 radical (unpaired) electrons. The molecule has 0 atom stereocenters. The average Bonchev–Trinajstić information content (AvgIpc) is 2.97. The van der Waals surface area contributed by atoms with Crippen LogP contribution < -0.4 is 5.73 Å². The smallest absolute Gasteiger partial charge is 0.236 e. The molecule has 1 aliphatic carbocycles. The second kappa shape index (κ2) is 3.37. The van der Waals surface area contributed by atoms with Gasteiger partial charge in [0, 0.05) is 12.1 Å². The van der Waals surface area contributed by atoms with Crippen LogP contribution in [0.3, 0.4) is 0 Å². The van der Waals surface area contributed by atoms with Gasteiger partial charge in [0.1, 0.15) is 5.41 Å². The highest BCUT2D eigenvalue weighted by atomic mass is 16.4. The summed E-state index contributed by atoms with van der Waals surface area (Å²) in [6.45, 7) is 4.92. The van der Waals surface area contributed by atoms with E-state index in [1.54, 1.807) is 0 Å². The number of hydrogen-bond acceptors (Lipinski definition) is 3. The molecule has 0 aromatic carbocycles. The van der Waals surface area contributed by atoms with Crippen molar-refractivity contribution in [2.45, 2.75) is 45.1 Å². The molecule has 1 saturated carbocycles. The van der Waals surface area contributed by atoms with Crippen LogP contribution in [0.2, 0.25) is 0 Å². The number of nitrogens with zero attached hydrogens (tertiary/aromatic N) is 2. The van der Waals surface area contributed by atoms with Gasteiger partial charge in [0.25, 0.3) is 0 Å². The van der Waals surface area contributed by atoms with Gasteiger partial charge in [0.2, 0.25) is 5.91 Å². The molecule has 2 aliphatic rings. The molecular formula is C11H19N3O2. The van der Waals surface area contributed by atoms with E-state index in [0.717, 1.165) is 19.4 Å². The summed E-state index contributed by atoms with van der Waals surface area (Å²) in [6.07, 6.45) is 3.46. The molecule has 5 heteroatoms. The Bertz CT molecular complexity index is 345. The number of likely N-dealkylation sites (tertiary alicyclic amines) is 1. The molecular weight excluding hydrogens is 206 g/mol. The summed E-state index contributed by atoms with van der Waals surface area (Å²) >= 11 is 0. The van der Waals surface area contributed by atoms with Gasteiger partial charge < -0.3 is 15.8 Å². The summed E-state index contributed by atoms with van der Waals surface area (Å²) in [5, 5.41) is 11.7. The molecule has 1 amide bonds. The Labute approximate surface area is 95.3 Å². The zero-order chi connectivity index (χ0) is 12.0. The van der Waals surface area contributed by atoms with E-state index in [9.17, 15) is 4.79 Å². The van der Waals surface area contributed by atoms with Gasteiger partial charge in [-0.25, -0.2) is 0 Å². The summed E-state index contributed by atoms with van der Waals surface area (Å²) in [5.74, 6) is 0.102. The van der Waals surface area contributed by atoms with Crippen molar-refractivity contribution in [1.82, 2.24) is 4.90 Å². The van der Waals surface area contributed by atoms with Crippen molar-refractivity contribution in [3.05, 3.63) is 0 Å². The SMILES string of the molecule is CC1(C)CCCN1C(=O)C1(C(N)=NO)CC1. The number of amidine groups is 1. The van der Waals surface area contributed by atoms with Crippen LogP contribution >= 0.6 is 0 Å². The van der Waals surface area contributed by atoms with Crippen LogP contribution in [0.4, 0.5) is 0 Å². The zero-order valence-electron chi connectivity index (χ0n) is 9.86. The van der Waals surface area contributed by atoms with E-state index in [1.807, 2.05) is 4.90 Å². The van der Waals surface area contributed by atoms with Crippen molar-refractivity contribution in [2.75, 3.05) is 6.54 Å². The summed E-state index contributed by atoms with van der Waals surface area (Å²) in [6, 6.07) is 0. The van der Waals surface area contributed by atoms with Crippen LogP contribution in [0.25, 0.3) is 0 Å². The minimum Gasteiger partial charge on any atom is -0.409 e. The fourth-order valence-corrected chi connectivity index (χ4v) is 2.54. The first-order valence-electron chi connectivity index (χ1n) is 5.74. The minimum absolute atomic E-state index is 0.0327. The van der Waals surface area contributed by atoms with E-state index < -0.39 is 5.41 Å². The Balaban J connectivity index is 2.20. The monoisotopic (exact) mass is 225 g/mol. The third-order valence-electron chi connectivity index (χ3n) is 3.90. The molecule has 2 rings (SSSR count). The molecule has 5 nitrogen and oxygen atoms in total. The molecule has 0 unspecified atom stereocenters. The summed E-state index contributed by atoms with van der Waals surface area (Å²) < 4.78 is 0. The van der Waals surface area contributed by atoms with E-state index in [0.29, 0.717) is 12.8 Å². The number of hydrogen-bond donors (Lipinski definition) is 2. The third kappa shape index (κ3) is 1.45. The first-order chi connectivity index (χ1) is 7.44. The van der Waals surface area contributed by atoms with Crippen molar-refractivity contribution in [1.29, 1.82) is 0 Å². The van der Waals surface area contributed by atoms with Crippen LogP contribution in [0, 0.1) is 5.41 Å². The second-order valence-electron chi connectivity index (χ2n) is 5.44. The molecule has 16 heavy (non-hydrogen) atoms. The van der Waals surface area contributed by atoms with Crippen molar-refractivity contribution >= 4 is 11.7 Å². The van der Waals surface area contributed by atoms with Gasteiger partial charge in [-0.2, -0.15) is 0 Å². The van der Waals surface area contributed by atoms with Crippen molar-refractivity contribution in [3.8, 4) is 0 Å². The predicted octanol–water partition coefficient (Wildman–Crippen LogP) is 0.914. The second-order valence-corrected chi connectivity index (χ2v) is 5.44. The highest BCUT2D eigenvalue weighted by molar-refractivity contribution is 6.09. The van der Waals surface area contributed by atoms with Gasteiger partial charge in [0.05, 0.1) is 0 Å². The Morgan fingerprint density at radius 2 is 2.00 bits per heavy atom. The number of carbonyl (C=O) groups is 1. The van der Waals surface area contributed by atoms with Crippen LogP contribution in [0.5, 0.6) is 0 Å². The summed E-state index contributed by atoms with van der Waals surface area (Å²) in [7, 11) is 0. The quantitative estimate of drug-likeness (QED) is 0.317. The highest BCUT2D eigenvalue weighted by Gasteiger charge is 2.57. The average molecular weight is 225 g/mol. The van der Waals surface area contributed by atoms with E-state index in [2.05, 4.69) is 19.0 Å². The maximum Gasteiger partial charge on any atom is 0.236 e. The molecule has 0 aromatic rings.